The van der Waals surface area contributed by atoms with E-state index in [1.807, 2.05) is 13.0 Å². The van der Waals surface area contributed by atoms with Crippen LogP contribution < -0.4 is 5.32 Å². The number of carbonyl (C=O) groups is 1. The standard InChI is InChI=1S/C16H28N4O3/c1-5-16(3,20-6-8-22-9-7-20)12-17-15(21)19(4)11-14-10-13(2)23-18-14/h10H,5-9,11-12H2,1-4H3,(H,17,21). The van der Waals surface area contributed by atoms with Crippen LogP contribution in [0.15, 0.2) is 10.6 Å². The van der Waals surface area contributed by atoms with E-state index in [0.29, 0.717) is 13.1 Å². The summed E-state index contributed by atoms with van der Waals surface area (Å²) in [6.07, 6.45) is 0.972. The zero-order valence-corrected chi connectivity index (χ0v) is 14.6. The van der Waals surface area contributed by atoms with Crippen LogP contribution in [0.4, 0.5) is 4.79 Å². The fraction of sp³-hybridized carbons (Fsp3) is 0.750. The van der Waals surface area contributed by atoms with Crippen molar-refractivity contribution in [3.8, 4) is 0 Å². The molecule has 0 radical (unpaired) electrons. The van der Waals surface area contributed by atoms with E-state index in [-0.39, 0.29) is 11.6 Å². The lowest BCUT2D eigenvalue weighted by Gasteiger charge is -2.43. The highest BCUT2D eigenvalue weighted by molar-refractivity contribution is 5.73. The topological polar surface area (TPSA) is 70.8 Å². The Morgan fingerprint density at radius 3 is 2.74 bits per heavy atom. The predicted molar refractivity (Wildman–Crippen MR) is 87.2 cm³/mol. The second-order valence-corrected chi connectivity index (χ2v) is 6.39. The zero-order chi connectivity index (χ0) is 16.9. The maximum atomic E-state index is 12.3. The summed E-state index contributed by atoms with van der Waals surface area (Å²) in [4.78, 5) is 16.3. The van der Waals surface area contributed by atoms with Crippen molar-refractivity contribution in [1.82, 2.24) is 20.3 Å². The third kappa shape index (κ3) is 4.68. The molecule has 0 bridgehead atoms. The molecular formula is C16H28N4O3. The summed E-state index contributed by atoms with van der Waals surface area (Å²) >= 11 is 0. The predicted octanol–water partition coefficient (Wildman–Crippen LogP) is 1.63. The van der Waals surface area contributed by atoms with Crippen molar-refractivity contribution in [3.63, 3.8) is 0 Å². The molecule has 130 valence electrons. The van der Waals surface area contributed by atoms with Crippen LogP contribution in [0.1, 0.15) is 31.7 Å². The molecule has 2 rings (SSSR count). The quantitative estimate of drug-likeness (QED) is 0.861. The number of aromatic nitrogens is 1. The van der Waals surface area contributed by atoms with Crippen molar-refractivity contribution in [1.29, 1.82) is 0 Å². The molecule has 1 fully saturated rings. The van der Waals surface area contributed by atoms with Gasteiger partial charge in [-0.15, -0.1) is 0 Å². The number of rotatable bonds is 6. The average Bonchev–Trinajstić information content (AvgIpc) is 2.98. The number of nitrogens with zero attached hydrogens (tertiary/aromatic N) is 3. The van der Waals surface area contributed by atoms with Gasteiger partial charge in [0.1, 0.15) is 11.5 Å². The first-order chi connectivity index (χ1) is 10.9. The van der Waals surface area contributed by atoms with E-state index in [9.17, 15) is 4.79 Å². The summed E-state index contributed by atoms with van der Waals surface area (Å²) in [6, 6.07) is 1.74. The monoisotopic (exact) mass is 324 g/mol. The van der Waals surface area contributed by atoms with Crippen LogP contribution in [0.2, 0.25) is 0 Å². The molecule has 0 aromatic carbocycles. The van der Waals surface area contributed by atoms with Gasteiger partial charge in [0.25, 0.3) is 0 Å². The van der Waals surface area contributed by atoms with Gasteiger partial charge in [-0.25, -0.2) is 4.79 Å². The van der Waals surface area contributed by atoms with Crippen molar-refractivity contribution in [2.24, 2.45) is 0 Å². The second-order valence-electron chi connectivity index (χ2n) is 6.39. The molecule has 2 heterocycles. The Bertz CT molecular complexity index is 513. The van der Waals surface area contributed by atoms with Gasteiger partial charge in [-0.2, -0.15) is 0 Å². The lowest BCUT2D eigenvalue weighted by Crippen LogP contribution is -2.57. The van der Waals surface area contributed by atoms with Crippen LogP contribution in [-0.4, -0.2) is 66.4 Å². The molecule has 23 heavy (non-hydrogen) atoms. The van der Waals surface area contributed by atoms with Gasteiger partial charge < -0.3 is 19.5 Å². The molecule has 0 aliphatic carbocycles. The third-order valence-electron chi connectivity index (χ3n) is 4.58. The number of morpholine rings is 1. The Morgan fingerprint density at radius 1 is 1.48 bits per heavy atom. The zero-order valence-electron chi connectivity index (χ0n) is 14.6. The van der Waals surface area contributed by atoms with Crippen LogP contribution in [0.5, 0.6) is 0 Å². The van der Waals surface area contributed by atoms with Gasteiger partial charge in [-0.05, 0) is 20.3 Å². The number of amides is 2. The highest BCUT2D eigenvalue weighted by Gasteiger charge is 2.32. The molecule has 1 saturated heterocycles. The minimum absolute atomic E-state index is 0.0508. The Kier molecular flexibility index (Phi) is 6.01. The molecular weight excluding hydrogens is 296 g/mol. The first kappa shape index (κ1) is 17.7. The third-order valence-corrected chi connectivity index (χ3v) is 4.58. The van der Waals surface area contributed by atoms with Crippen molar-refractivity contribution in [3.05, 3.63) is 17.5 Å². The van der Waals surface area contributed by atoms with Crippen LogP contribution >= 0.6 is 0 Å². The molecule has 1 atom stereocenters. The summed E-state index contributed by atoms with van der Waals surface area (Å²) in [5, 5.41) is 6.96. The van der Waals surface area contributed by atoms with Gasteiger partial charge in [0.15, 0.2) is 0 Å². The minimum Gasteiger partial charge on any atom is -0.379 e. The number of nitrogens with one attached hydrogen (secondary N) is 1. The van der Waals surface area contributed by atoms with Crippen LogP contribution in [0, 0.1) is 6.92 Å². The number of ether oxygens (including phenoxy) is 1. The molecule has 0 saturated carbocycles. The van der Waals surface area contributed by atoms with Gasteiger partial charge in [-0.3, -0.25) is 4.90 Å². The minimum atomic E-state index is -0.0985. The fourth-order valence-electron chi connectivity index (χ4n) is 2.77. The average molecular weight is 324 g/mol. The molecule has 7 heteroatoms. The van der Waals surface area contributed by atoms with Crippen molar-refractivity contribution in [2.45, 2.75) is 39.3 Å². The largest absolute Gasteiger partial charge is 0.379 e. The maximum Gasteiger partial charge on any atom is 0.317 e. The van der Waals surface area contributed by atoms with Crippen molar-refractivity contribution in [2.75, 3.05) is 39.9 Å². The maximum absolute atomic E-state index is 12.3. The smallest absolute Gasteiger partial charge is 0.317 e. The number of aryl methyl sites for hydroxylation is 1. The van der Waals surface area contributed by atoms with E-state index in [4.69, 9.17) is 9.26 Å². The van der Waals surface area contributed by atoms with Crippen molar-refractivity contribution >= 4 is 6.03 Å². The Balaban J connectivity index is 1.85. The Hall–Kier alpha value is -1.60. The first-order valence-corrected chi connectivity index (χ1v) is 8.18. The summed E-state index contributed by atoms with van der Waals surface area (Å²) in [5.41, 5.74) is 0.705. The molecule has 1 aliphatic rings. The molecule has 7 nitrogen and oxygen atoms in total. The molecule has 1 aromatic heterocycles. The Labute approximate surface area is 137 Å². The number of urea groups is 1. The van der Waals surface area contributed by atoms with E-state index in [2.05, 4.69) is 29.2 Å². The van der Waals surface area contributed by atoms with Crippen LogP contribution in [-0.2, 0) is 11.3 Å². The number of carbonyl (C=O) groups excluding carboxylic acids is 1. The molecule has 1 aromatic rings. The van der Waals surface area contributed by atoms with Crippen LogP contribution in [0.3, 0.4) is 0 Å². The highest BCUT2D eigenvalue weighted by atomic mass is 16.5. The molecule has 1 N–H and O–H groups in total. The lowest BCUT2D eigenvalue weighted by molar-refractivity contribution is -0.0167. The highest BCUT2D eigenvalue weighted by Crippen LogP contribution is 2.20. The van der Waals surface area contributed by atoms with E-state index in [0.717, 1.165) is 44.2 Å². The molecule has 0 spiro atoms. The summed E-state index contributed by atoms with van der Waals surface area (Å²) < 4.78 is 10.4. The summed E-state index contributed by atoms with van der Waals surface area (Å²) in [7, 11) is 1.76. The Morgan fingerprint density at radius 2 is 2.17 bits per heavy atom. The van der Waals surface area contributed by atoms with Crippen LogP contribution in [0.25, 0.3) is 0 Å². The fourth-order valence-corrected chi connectivity index (χ4v) is 2.77. The second kappa shape index (κ2) is 7.79. The van der Waals surface area contributed by atoms with E-state index < -0.39 is 0 Å². The molecule has 1 aliphatic heterocycles. The van der Waals surface area contributed by atoms with E-state index >= 15 is 0 Å². The van der Waals surface area contributed by atoms with Gasteiger partial charge in [0, 0.05) is 38.3 Å². The SMILES string of the molecule is CCC(C)(CNC(=O)N(C)Cc1cc(C)on1)N1CCOCC1. The van der Waals surface area contributed by atoms with Crippen molar-refractivity contribution < 1.29 is 14.1 Å². The van der Waals surface area contributed by atoms with E-state index in [1.54, 1.807) is 11.9 Å². The van der Waals surface area contributed by atoms with Gasteiger partial charge in [0.05, 0.1) is 19.8 Å². The molecule has 2 amide bonds. The molecule has 1 unspecified atom stereocenters. The normalized spacial score (nSPS) is 18.4. The number of hydrogen-bond acceptors (Lipinski definition) is 5. The summed E-state index contributed by atoms with van der Waals surface area (Å²) in [5.74, 6) is 0.750. The van der Waals surface area contributed by atoms with E-state index in [1.165, 1.54) is 0 Å². The number of hydrogen-bond donors (Lipinski definition) is 1. The van der Waals surface area contributed by atoms with Gasteiger partial charge in [0.2, 0.25) is 0 Å². The van der Waals surface area contributed by atoms with Gasteiger partial charge in [-0.1, -0.05) is 12.1 Å². The lowest BCUT2D eigenvalue weighted by atomic mass is 9.95. The summed E-state index contributed by atoms with van der Waals surface area (Å²) in [6.45, 7) is 10.6. The first-order valence-electron chi connectivity index (χ1n) is 8.18. The van der Waals surface area contributed by atoms with Gasteiger partial charge >= 0.3 is 6.03 Å².